The van der Waals surface area contributed by atoms with E-state index in [9.17, 15) is 9.59 Å². The van der Waals surface area contributed by atoms with Gasteiger partial charge in [0.25, 0.3) is 5.56 Å². The zero-order valence-electron chi connectivity index (χ0n) is 9.95. The number of nitrogens with one attached hydrogen (secondary N) is 1. The van der Waals surface area contributed by atoms with Crippen molar-refractivity contribution in [3.8, 4) is 0 Å². The summed E-state index contributed by atoms with van der Waals surface area (Å²) in [6.07, 6.45) is 6.15. The number of H-pyrrole nitrogens is 1. The number of nitrogens with two attached hydrogens (primary N) is 1. The Bertz CT molecular complexity index is 483. The maximum Gasteiger partial charge on any atom is 0.328 e. The first kappa shape index (κ1) is 12.1. The third-order valence-electron chi connectivity index (χ3n) is 3.40. The second-order valence-electron chi connectivity index (χ2n) is 4.63. The van der Waals surface area contributed by atoms with E-state index in [2.05, 4.69) is 4.98 Å². The molecule has 1 heterocycles. The molecule has 2 rings (SSSR count). The van der Waals surface area contributed by atoms with E-state index in [1.54, 1.807) is 4.57 Å². The van der Waals surface area contributed by atoms with Crippen molar-refractivity contribution in [2.45, 2.75) is 44.6 Å². The maximum atomic E-state index is 11.9. The summed E-state index contributed by atoms with van der Waals surface area (Å²) in [6.45, 7) is 0.454. The van der Waals surface area contributed by atoms with Crippen LogP contribution in [0.15, 0.2) is 15.7 Å². The van der Waals surface area contributed by atoms with Gasteiger partial charge in [-0.25, -0.2) is 4.79 Å². The van der Waals surface area contributed by atoms with Gasteiger partial charge in [-0.15, -0.1) is 0 Å². The molecule has 1 aliphatic rings. The lowest BCUT2D eigenvalue weighted by atomic mass is 9.95. The van der Waals surface area contributed by atoms with Gasteiger partial charge in [0, 0.05) is 24.2 Å². The van der Waals surface area contributed by atoms with Gasteiger partial charge in [-0.2, -0.15) is 0 Å². The summed E-state index contributed by atoms with van der Waals surface area (Å²) in [6, 6.07) is 1.73. The number of nitrogens with zero attached hydrogens (tertiary/aromatic N) is 1. The Balaban J connectivity index is 2.42. The van der Waals surface area contributed by atoms with Gasteiger partial charge in [0.05, 0.1) is 0 Å². The van der Waals surface area contributed by atoms with Crippen molar-refractivity contribution in [1.29, 1.82) is 0 Å². The minimum atomic E-state index is -0.328. The van der Waals surface area contributed by atoms with Crippen LogP contribution in [0, 0.1) is 0 Å². The molecule has 1 aliphatic carbocycles. The van der Waals surface area contributed by atoms with Crippen LogP contribution in [0.25, 0.3) is 0 Å². The zero-order chi connectivity index (χ0) is 12.3. The van der Waals surface area contributed by atoms with Gasteiger partial charge in [-0.3, -0.25) is 14.3 Å². The van der Waals surface area contributed by atoms with Crippen LogP contribution in [0.5, 0.6) is 0 Å². The summed E-state index contributed by atoms with van der Waals surface area (Å²) in [5.74, 6) is 0. The monoisotopic (exact) mass is 237 g/mol. The Morgan fingerprint density at radius 3 is 2.65 bits per heavy atom. The lowest BCUT2D eigenvalue weighted by Crippen LogP contribution is -2.36. The standard InChI is InChI=1S/C12H19N3O2/c13-7-6-10-8-11(16)14-12(17)15(10)9-4-2-1-3-5-9/h8-9H,1-7,13H2,(H,14,16,17). The van der Waals surface area contributed by atoms with Gasteiger partial charge < -0.3 is 5.73 Å². The average molecular weight is 237 g/mol. The highest BCUT2D eigenvalue weighted by atomic mass is 16.2. The van der Waals surface area contributed by atoms with Crippen LogP contribution in [0.3, 0.4) is 0 Å². The van der Waals surface area contributed by atoms with Crippen LogP contribution in [-0.2, 0) is 6.42 Å². The third kappa shape index (κ3) is 2.66. The number of hydrogen-bond donors (Lipinski definition) is 2. The Labute approximate surface area is 99.7 Å². The first-order valence-corrected chi connectivity index (χ1v) is 6.27. The van der Waals surface area contributed by atoms with E-state index >= 15 is 0 Å². The van der Waals surface area contributed by atoms with Crippen molar-refractivity contribution in [2.75, 3.05) is 6.54 Å². The lowest BCUT2D eigenvalue weighted by Gasteiger charge is -2.25. The van der Waals surface area contributed by atoms with Crippen LogP contribution in [0.4, 0.5) is 0 Å². The molecule has 94 valence electrons. The molecule has 3 N–H and O–H groups in total. The van der Waals surface area contributed by atoms with Crippen LogP contribution < -0.4 is 17.0 Å². The van der Waals surface area contributed by atoms with Gasteiger partial charge in [0.1, 0.15) is 0 Å². The summed E-state index contributed by atoms with van der Waals surface area (Å²) in [4.78, 5) is 25.6. The van der Waals surface area contributed by atoms with E-state index in [0.29, 0.717) is 13.0 Å². The normalized spacial score (nSPS) is 17.2. The molecule has 0 radical (unpaired) electrons. The van der Waals surface area contributed by atoms with Gasteiger partial charge in [0.15, 0.2) is 0 Å². The second kappa shape index (κ2) is 5.31. The van der Waals surface area contributed by atoms with Crippen molar-refractivity contribution in [1.82, 2.24) is 9.55 Å². The molecule has 1 saturated carbocycles. The minimum Gasteiger partial charge on any atom is -0.330 e. The fourth-order valence-corrected chi connectivity index (χ4v) is 2.63. The maximum absolute atomic E-state index is 11.9. The molecule has 0 spiro atoms. The van der Waals surface area contributed by atoms with E-state index in [1.165, 1.54) is 12.5 Å². The molecule has 5 nitrogen and oxygen atoms in total. The molecular weight excluding hydrogens is 218 g/mol. The molecule has 1 fully saturated rings. The predicted octanol–water partition coefficient (Wildman–Crippen LogP) is 0.543. The number of aromatic nitrogens is 2. The smallest absolute Gasteiger partial charge is 0.328 e. The van der Waals surface area contributed by atoms with Crippen molar-refractivity contribution in [3.63, 3.8) is 0 Å². The van der Waals surface area contributed by atoms with Gasteiger partial charge in [-0.1, -0.05) is 19.3 Å². The molecule has 1 aromatic rings. The SMILES string of the molecule is NCCc1cc(=O)[nH]c(=O)n1C1CCCCC1. The van der Waals surface area contributed by atoms with Gasteiger partial charge in [-0.05, 0) is 19.4 Å². The highest BCUT2D eigenvalue weighted by Crippen LogP contribution is 2.27. The molecular formula is C12H19N3O2. The molecule has 17 heavy (non-hydrogen) atoms. The Morgan fingerprint density at radius 1 is 1.29 bits per heavy atom. The molecule has 0 aliphatic heterocycles. The van der Waals surface area contributed by atoms with E-state index in [-0.39, 0.29) is 17.3 Å². The average Bonchev–Trinajstić information content (AvgIpc) is 2.30. The molecule has 0 bridgehead atoms. The second-order valence-corrected chi connectivity index (χ2v) is 4.63. The molecule has 5 heteroatoms. The minimum absolute atomic E-state index is 0.231. The lowest BCUT2D eigenvalue weighted by molar-refractivity contribution is 0.334. The molecule has 0 saturated heterocycles. The zero-order valence-corrected chi connectivity index (χ0v) is 9.95. The highest BCUT2D eigenvalue weighted by molar-refractivity contribution is 5.04. The van der Waals surface area contributed by atoms with Crippen LogP contribution >= 0.6 is 0 Å². The number of aromatic amines is 1. The summed E-state index contributed by atoms with van der Waals surface area (Å²) < 4.78 is 1.74. The molecule has 0 unspecified atom stereocenters. The Morgan fingerprint density at radius 2 is 2.00 bits per heavy atom. The van der Waals surface area contributed by atoms with Crippen molar-refractivity contribution in [3.05, 3.63) is 32.6 Å². The third-order valence-corrected chi connectivity index (χ3v) is 3.40. The van der Waals surface area contributed by atoms with Crippen molar-refractivity contribution < 1.29 is 0 Å². The summed E-state index contributed by atoms with van der Waals surface area (Å²) >= 11 is 0. The van der Waals surface area contributed by atoms with E-state index in [4.69, 9.17) is 5.73 Å². The fraction of sp³-hybridized carbons (Fsp3) is 0.667. The predicted molar refractivity (Wildman–Crippen MR) is 66.2 cm³/mol. The van der Waals surface area contributed by atoms with E-state index < -0.39 is 0 Å². The van der Waals surface area contributed by atoms with Crippen molar-refractivity contribution in [2.24, 2.45) is 5.73 Å². The van der Waals surface area contributed by atoms with Crippen LogP contribution in [-0.4, -0.2) is 16.1 Å². The summed E-state index contributed by atoms with van der Waals surface area (Å²) in [5, 5.41) is 0. The summed E-state index contributed by atoms with van der Waals surface area (Å²) in [7, 11) is 0. The van der Waals surface area contributed by atoms with Gasteiger partial charge >= 0.3 is 5.69 Å². The Hall–Kier alpha value is -1.36. The number of rotatable bonds is 3. The quantitative estimate of drug-likeness (QED) is 0.805. The molecule has 0 amide bonds. The summed E-state index contributed by atoms with van der Waals surface area (Å²) in [5.41, 5.74) is 5.69. The largest absolute Gasteiger partial charge is 0.330 e. The molecule has 1 aromatic heterocycles. The van der Waals surface area contributed by atoms with E-state index in [0.717, 1.165) is 31.4 Å². The molecule has 0 atom stereocenters. The topological polar surface area (TPSA) is 80.9 Å². The first-order valence-electron chi connectivity index (χ1n) is 6.27. The Kier molecular flexibility index (Phi) is 3.78. The molecule has 0 aromatic carbocycles. The van der Waals surface area contributed by atoms with Gasteiger partial charge in [0.2, 0.25) is 0 Å². The van der Waals surface area contributed by atoms with E-state index in [1.807, 2.05) is 0 Å². The van der Waals surface area contributed by atoms with Crippen LogP contribution in [0.1, 0.15) is 43.8 Å². The highest BCUT2D eigenvalue weighted by Gasteiger charge is 2.19. The van der Waals surface area contributed by atoms with Crippen molar-refractivity contribution >= 4 is 0 Å². The first-order chi connectivity index (χ1) is 8.22. The number of hydrogen-bond acceptors (Lipinski definition) is 3. The van der Waals surface area contributed by atoms with Crippen LogP contribution in [0.2, 0.25) is 0 Å². The fourth-order valence-electron chi connectivity index (χ4n) is 2.63.